The number of aromatic amines is 1. The number of nitrogens with zero attached hydrogens (tertiary/aromatic N) is 4. The average Bonchev–Trinajstić information content (AvgIpc) is 3.22. The molecule has 2 aliphatic heterocycles. The average molecular weight is 315 g/mol. The lowest BCUT2D eigenvalue weighted by molar-refractivity contribution is 0.0756. The van der Waals surface area contributed by atoms with Crippen LogP contribution in [0.3, 0.4) is 0 Å². The fourth-order valence-electron chi connectivity index (χ4n) is 3.29. The minimum absolute atomic E-state index is 0.0710. The fraction of sp³-hybridized carbons (Fsp3) is 0.562. The SMILES string of the molecule is O=C(c1cc[nH]c1)N1CCc2nc(C3CCOCC3)nn2CC1. The summed E-state index contributed by atoms with van der Waals surface area (Å²) in [7, 11) is 0. The van der Waals surface area contributed by atoms with Gasteiger partial charge in [0.1, 0.15) is 5.82 Å². The van der Waals surface area contributed by atoms with E-state index in [1.807, 2.05) is 15.6 Å². The second-order valence-corrected chi connectivity index (χ2v) is 6.14. The van der Waals surface area contributed by atoms with Gasteiger partial charge in [0.2, 0.25) is 0 Å². The van der Waals surface area contributed by atoms with Gasteiger partial charge >= 0.3 is 0 Å². The molecule has 1 saturated heterocycles. The molecule has 2 aliphatic rings. The van der Waals surface area contributed by atoms with Crippen LogP contribution in [0.15, 0.2) is 18.5 Å². The first-order chi connectivity index (χ1) is 11.3. The zero-order valence-corrected chi connectivity index (χ0v) is 13.1. The number of aromatic nitrogens is 4. The number of fused-ring (bicyclic) bond motifs is 1. The molecule has 0 saturated carbocycles. The van der Waals surface area contributed by atoms with Crippen molar-refractivity contribution in [1.82, 2.24) is 24.6 Å². The first-order valence-electron chi connectivity index (χ1n) is 8.24. The van der Waals surface area contributed by atoms with Gasteiger partial charge in [0, 0.05) is 51.0 Å². The Morgan fingerprint density at radius 3 is 2.91 bits per heavy atom. The summed E-state index contributed by atoms with van der Waals surface area (Å²) in [5.41, 5.74) is 0.709. The molecule has 2 aromatic rings. The number of amides is 1. The quantitative estimate of drug-likeness (QED) is 0.903. The first-order valence-corrected chi connectivity index (χ1v) is 8.24. The Bertz CT molecular complexity index is 647. The van der Waals surface area contributed by atoms with Crippen molar-refractivity contribution in [3.8, 4) is 0 Å². The number of carbonyl (C=O) groups excluding carboxylic acids is 1. The summed E-state index contributed by atoms with van der Waals surface area (Å²) in [4.78, 5) is 22.0. The van der Waals surface area contributed by atoms with Crippen molar-refractivity contribution in [2.45, 2.75) is 31.7 Å². The van der Waals surface area contributed by atoms with Gasteiger partial charge in [-0.15, -0.1) is 0 Å². The fourth-order valence-corrected chi connectivity index (χ4v) is 3.29. The molecular formula is C16H21N5O2. The summed E-state index contributed by atoms with van der Waals surface area (Å²) in [6, 6.07) is 1.81. The van der Waals surface area contributed by atoms with Crippen LogP contribution in [0.25, 0.3) is 0 Å². The highest BCUT2D eigenvalue weighted by atomic mass is 16.5. The third kappa shape index (κ3) is 2.88. The van der Waals surface area contributed by atoms with Crippen LogP contribution in [0.4, 0.5) is 0 Å². The van der Waals surface area contributed by atoms with E-state index in [9.17, 15) is 4.79 Å². The maximum Gasteiger partial charge on any atom is 0.255 e. The molecule has 0 radical (unpaired) electrons. The Morgan fingerprint density at radius 1 is 1.26 bits per heavy atom. The van der Waals surface area contributed by atoms with Gasteiger partial charge in [0.15, 0.2) is 5.82 Å². The summed E-state index contributed by atoms with van der Waals surface area (Å²) >= 11 is 0. The van der Waals surface area contributed by atoms with Crippen molar-refractivity contribution in [3.05, 3.63) is 35.7 Å². The summed E-state index contributed by atoms with van der Waals surface area (Å²) in [6.07, 6.45) is 6.28. The van der Waals surface area contributed by atoms with Gasteiger partial charge in [-0.05, 0) is 18.9 Å². The topological polar surface area (TPSA) is 76.0 Å². The van der Waals surface area contributed by atoms with Gasteiger partial charge in [0.05, 0.1) is 12.1 Å². The highest BCUT2D eigenvalue weighted by Gasteiger charge is 2.25. The zero-order chi connectivity index (χ0) is 15.6. The van der Waals surface area contributed by atoms with Crippen LogP contribution in [-0.4, -0.2) is 56.9 Å². The molecule has 2 aromatic heterocycles. The van der Waals surface area contributed by atoms with E-state index in [-0.39, 0.29) is 5.91 Å². The van der Waals surface area contributed by atoms with Crippen molar-refractivity contribution >= 4 is 5.91 Å². The number of carbonyl (C=O) groups is 1. The van der Waals surface area contributed by atoms with E-state index in [1.165, 1.54) is 0 Å². The number of hydrogen-bond donors (Lipinski definition) is 1. The lowest BCUT2D eigenvalue weighted by atomic mass is 10.00. The molecule has 0 aliphatic carbocycles. The summed E-state index contributed by atoms with van der Waals surface area (Å²) in [6.45, 7) is 3.67. The smallest absolute Gasteiger partial charge is 0.255 e. The predicted octanol–water partition coefficient (Wildman–Crippen LogP) is 1.20. The van der Waals surface area contributed by atoms with Crippen LogP contribution < -0.4 is 0 Å². The molecule has 1 amide bonds. The highest BCUT2D eigenvalue weighted by Crippen LogP contribution is 2.25. The van der Waals surface area contributed by atoms with Crippen molar-refractivity contribution in [2.75, 3.05) is 26.3 Å². The highest BCUT2D eigenvalue weighted by molar-refractivity contribution is 5.94. The Labute approximate surface area is 134 Å². The normalized spacial score (nSPS) is 19.4. The molecule has 0 spiro atoms. The van der Waals surface area contributed by atoms with E-state index in [4.69, 9.17) is 14.8 Å². The Kier molecular flexibility index (Phi) is 3.87. The molecule has 0 bridgehead atoms. The molecule has 7 nitrogen and oxygen atoms in total. The van der Waals surface area contributed by atoms with E-state index in [2.05, 4.69) is 4.98 Å². The molecule has 0 unspecified atom stereocenters. The monoisotopic (exact) mass is 315 g/mol. The van der Waals surface area contributed by atoms with E-state index in [0.29, 0.717) is 31.1 Å². The number of rotatable bonds is 2. The summed E-state index contributed by atoms with van der Waals surface area (Å²) in [5, 5.41) is 4.70. The lowest BCUT2D eigenvalue weighted by Crippen LogP contribution is -2.33. The molecule has 23 heavy (non-hydrogen) atoms. The summed E-state index contributed by atoms with van der Waals surface area (Å²) in [5.74, 6) is 2.44. The van der Waals surface area contributed by atoms with Crippen molar-refractivity contribution < 1.29 is 9.53 Å². The molecule has 0 atom stereocenters. The standard InChI is InChI=1S/C16H21N5O2/c22-16(13-1-5-17-11-13)20-6-2-14-18-15(19-21(14)8-7-20)12-3-9-23-10-4-12/h1,5,11-12,17H,2-4,6-10H2. The Morgan fingerprint density at radius 2 is 2.13 bits per heavy atom. The van der Waals surface area contributed by atoms with Crippen LogP contribution in [0.2, 0.25) is 0 Å². The second-order valence-electron chi connectivity index (χ2n) is 6.14. The van der Waals surface area contributed by atoms with Crippen LogP contribution in [-0.2, 0) is 17.7 Å². The third-order valence-electron chi connectivity index (χ3n) is 4.67. The maximum atomic E-state index is 12.4. The van der Waals surface area contributed by atoms with Gasteiger partial charge in [-0.1, -0.05) is 0 Å². The molecular weight excluding hydrogens is 294 g/mol. The molecule has 0 aromatic carbocycles. The zero-order valence-electron chi connectivity index (χ0n) is 13.1. The van der Waals surface area contributed by atoms with E-state index in [1.54, 1.807) is 12.4 Å². The van der Waals surface area contributed by atoms with Gasteiger partial charge in [-0.25, -0.2) is 9.67 Å². The number of ether oxygens (including phenoxy) is 1. The van der Waals surface area contributed by atoms with E-state index < -0.39 is 0 Å². The van der Waals surface area contributed by atoms with Gasteiger partial charge < -0.3 is 14.6 Å². The van der Waals surface area contributed by atoms with Crippen molar-refractivity contribution in [3.63, 3.8) is 0 Å². The summed E-state index contributed by atoms with van der Waals surface area (Å²) < 4.78 is 7.39. The van der Waals surface area contributed by atoms with Crippen LogP contribution in [0.5, 0.6) is 0 Å². The van der Waals surface area contributed by atoms with Crippen molar-refractivity contribution in [2.24, 2.45) is 0 Å². The van der Waals surface area contributed by atoms with Gasteiger partial charge in [-0.3, -0.25) is 4.79 Å². The minimum atomic E-state index is 0.0710. The predicted molar refractivity (Wildman–Crippen MR) is 83.2 cm³/mol. The maximum absolute atomic E-state index is 12.4. The van der Waals surface area contributed by atoms with E-state index in [0.717, 1.165) is 44.1 Å². The van der Waals surface area contributed by atoms with Crippen LogP contribution in [0.1, 0.15) is 40.8 Å². The Hall–Kier alpha value is -2.15. The number of H-pyrrole nitrogens is 1. The van der Waals surface area contributed by atoms with Gasteiger partial charge in [0.25, 0.3) is 5.91 Å². The lowest BCUT2D eigenvalue weighted by Gasteiger charge is -2.20. The van der Waals surface area contributed by atoms with Gasteiger partial charge in [-0.2, -0.15) is 5.10 Å². The second kappa shape index (κ2) is 6.16. The number of nitrogens with one attached hydrogen (secondary N) is 1. The van der Waals surface area contributed by atoms with Crippen LogP contribution in [0, 0.1) is 0 Å². The molecule has 1 fully saturated rings. The Balaban J connectivity index is 1.45. The molecule has 122 valence electrons. The largest absolute Gasteiger partial charge is 0.381 e. The van der Waals surface area contributed by atoms with Crippen LogP contribution >= 0.6 is 0 Å². The van der Waals surface area contributed by atoms with E-state index >= 15 is 0 Å². The third-order valence-corrected chi connectivity index (χ3v) is 4.67. The minimum Gasteiger partial charge on any atom is -0.381 e. The number of hydrogen-bond acceptors (Lipinski definition) is 4. The van der Waals surface area contributed by atoms with Crippen molar-refractivity contribution in [1.29, 1.82) is 0 Å². The first kappa shape index (κ1) is 14.4. The molecule has 4 rings (SSSR count). The molecule has 7 heteroatoms. The molecule has 4 heterocycles. The molecule has 1 N–H and O–H groups in total.